The predicted octanol–water partition coefficient (Wildman–Crippen LogP) is 3.75. The summed E-state index contributed by atoms with van der Waals surface area (Å²) < 4.78 is 16.3. The number of methoxy groups -OCH3 is 3. The Balaban J connectivity index is 1.85. The summed E-state index contributed by atoms with van der Waals surface area (Å²) in [4.78, 5) is 29.1. The van der Waals surface area contributed by atoms with E-state index < -0.39 is 6.04 Å². The van der Waals surface area contributed by atoms with E-state index in [4.69, 9.17) is 14.2 Å². The van der Waals surface area contributed by atoms with Crippen molar-refractivity contribution in [1.29, 1.82) is 0 Å². The van der Waals surface area contributed by atoms with Crippen LogP contribution in [0.2, 0.25) is 0 Å². The number of para-hydroxylation sites is 1. The molecule has 182 valence electrons. The number of amides is 2. The number of ether oxygens (including phenoxy) is 3. The average Bonchev–Trinajstić information content (AvgIpc) is 3.25. The highest BCUT2D eigenvalue weighted by molar-refractivity contribution is 5.90. The van der Waals surface area contributed by atoms with Gasteiger partial charge in [-0.15, -0.1) is 0 Å². The molecule has 2 unspecified atom stereocenters. The highest BCUT2D eigenvalue weighted by atomic mass is 16.5. The van der Waals surface area contributed by atoms with Crippen molar-refractivity contribution < 1.29 is 23.8 Å². The molecule has 0 aliphatic rings. The average molecular weight is 468 g/mol. The first-order chi connectivity index (χ1) is 16.3. The standard InChI is InChI=1S/C26H33N3O5/c1-15(2)25(30)29-21(11-18-14-27-20-10-8-7-9-19(18)20)26(31)28-16(3)17-12-22(32-4)24(34-6)23(13-17)33-5/h7-10,12-16,21,27H,11H2,1-6H3,(H,28,31)(H,29,30). The smallest absolute Gasteiger partial charge is 0.243 e. The van der Waals surface area contributed by atoms with E-state index in [1.165, 1.54) is 7.11 Å². The topological polar surface area (TPSA) is 102 Å². The lowest BCUT2D eigenvalue weighted by Crippen LogP contribution is -2.49. The van der Waals surface area contributed by atoms with Gasteiger partial charge in [-0.2, -0.15) is 0 Å². The fourth-order valence-electron chi connectivity index (χ4n) is 3.82. The number of rotatable bonds is 10. The van der Waals surface area contributed by atoms with E-state index >= 15 is 0 Å². The minimum Gasteiger partial charge on any atom is -0.493 e. The second-order valence-corrected chi connectivity index (χ2v) is 8.47. The van der Waals surface area contributed by atoms with Crippen LogP contribution in [0.5, 0.6) is 17.2 Å². The van der Waals surface area contributed by atoms with Crippen molar-refractivity contribution in [2.45, 2.75) is 39.3 Å². The van der Waals surface area contributed by atoms with Crippen LogP contribution in [0.3, 0.4) is 0 Å². The van der Waals surface area contributed by atoms with Gasteiger partial charge in [0.2, 0.25) is 17.6 Å². The maximum Gasteiger partial charge on any atom is 0.243 e. The molecule has 0 spiro atoms. The lowest BCUT2D eigenvalue weighted by Gasteiger charge is -2.23. The van der Waals surface area contributed by atoms with Crippen LogP contribution in [0.15, 0.2) is 42.6 Å². The molecule has 2 amide bonds. The minimum atomic E-state index is -0.737. The third kappa shape index (κ3) is 5.44. The Morgan fingerprint density at radius 1 is 0.912 bits per heavy atom. The summed E-state index contributed by atoms with van der Waals surface area (Å²) in [5.74, 6) is 0.781. The Labute approximate surface area is 200 Å². The van der Waals surface area contributed by atoms with Crippen molar-refractivity contribution in [2.24, 2.45) is 5.92 Å². The van der Waals surface area contributed by atoms with Gasteiger partial charge in [0.05, 0.1) is 27.4 Å². The van der Waals surface area contributed by atoms with E-state index in [1.807, 2.05) is 37.4 Å². The van der Waals surface area contributed by atoms with Gasteiger partial charge in [-0.05, 0) is 36.2 Å². The molecule has 34 heavy (non-hydrogen) atoms. The van der Waals surface area contributed by atoms with Gasteiger partial charge in [0.25, 0.3) is 0 Å². The number of aromatic amines is 1. The number of benzene rings is 2. The lowest BCUT2D eigenvalue weighted by atomic mass is 10.0. The Kier molecular flexibility index (Phi) is 8.04. The molecule has 3 N–H and O–H groups in total. The zero-order valence-electron chi connectivity index (χ0n) is 20.5. The van der Waals surface area contributed by atoms with E-state index in [-0.39, 0.29) is 23.8 Å². The second kappa shape index (κ2) is 11.0. The number of H-pyrrole nitrogens is 1. The zero-order chi connectivity index (χ0) is 24.8. The molecule has 0 fully saturated rings. The van der Waals surface area contributed by atoms with E-state index in [0.717, 1.165) is 22.0 Å². The molecule has 0 bridgehead atoms. The number of carbonyl (C=O) groups is 2. The van der Waals surface area contributed by atoms with Crippen LogP contribution in [-0.2, 0) is 16.0 Å². The normalized spacial score (nSPS) is 12.8. The summed E-state index contributed by atoms with van der Waals surface area (Å²) >= 11 is 0. The number of fused-ring (bicyclic) bond motifs is 1. The molecule has 1 heterocycles. The minimum absolute atomic E-state index is 0.180. The number of hydrogen-bond donors (Lipinski definition) is 3. The third-order valence-electron chi connectivity index (χ3n) is 5.80. The van der Waals surface area contributed by atoms with Crippen LogP contribution in [0.4, 0.5) is 0 Å². The highest BCUT2D eigenvalue weighted by Gasteiger charge is 2.26. The molecule has 1 aromatic heterocycles. The van der Waals surface area contributed by atoms with E-state index in [1.54, 1.807) is 40.2 Å². The van der Waals surface area contributed by atoms with Crippen molar-refractivity contribution in [3.05, 3.63) is 53.7 Å². The van der Waals surface area contributed by atoms with Crippen LogP contribution in [0.25, 0.3) is 10.9 Å². The molecule has 8 heteroatoms. The Bertz CT molecular complexity index is 1130. The fourth-order valence-corrected chi connectivity index (χ4v) is 3.82. The summed E-state index contributed by atoms with van der Waals surface area (Å²) in [7, 11) is 4.63. The van der Waals surface area contributed by atoms with Crippen molar-refractivity contribution in [1.82, 2.24) is 15.6 Å². The molecule has 3 aromatic rings. The van der Waals surface area contributed by atoms with E-state index in [0.29, 0.717) is 23.7 Å². The summed E-state index contributed by atoms with van der Waals surface area (Å²) in [5, 5.41) is 6.96. The summed E-state index contributed by atoms with van der Waals surface area (Å²) in [5.41, 5.74) is 2.72. The van der Waals surface area contributed by atoms with E-state index in [9.17, 15) is 9.59 Å². The number of aromatic nitrogens is 1. The molecule has 8 nitrogen and oxygen atoms in total. The maximum absolute atomic E-state index is 13.4. The van der Waals surface area contributed by atoms with Gasteiger partial charge >= 0.3 is 0 Å². The van der Waals surface area contributed by atoms with Crippen molar-refractivity contribution >= 4 is 22.7 Å². The Morgan fingerprint density at radius 3 is 2.15 bits per heavy atom. The Morgan fingerprint density at radius 2 is 1.56 bits per heavy atom. The molecule has 0 saturated heterocycles. The highest BCUT2D eigenvalue weighted by Crippen LogP contribution is 2.39. The summed E-state index contributed by atoms with van der Waals surface area (Å²) in [6.45, 7) is 5.47. The van der Waals surface area contributed by atoms with Crippen molar-refractivity contribution in [3.63, 3.8) is 0 Å². The first kappa shape index (κ1) is 25.0. The molecule has 0 saturated carbocycles. The van der Waals surface area contributed by atoms with Crippen molar-refractivity contribution in [2.75, 3.05) is 21.3 Å². The molecule has 0 radical (unpaired) electrons. The molecule has 0 aliphatic heterocycles. The molecular formula is C26H33N3O5. The van der Waals surface area contributed by atoms with Crippen LogP contribution in [0.1, 0.15) is 37.9 Å². The van der Waals surface area contributed by atoms with Crippen LogP contribution < -0.4 is 24.8 Å². The SMILES string of the molecule is COc1cc(C(C)NC(=O)C(Cc2c[nH]c3ccccc23)NC(=O)C(C)C)cc(OC)c1OC. The molecule has 3 rings (SSSR count). The van der Waals surface area contributed by atoms with Crippen LogP contribution >= 0.6 is 0 Å². The Hall–Kier alpha value is -3.68. The second-order valence-electron chi connectivity index (χ2n) is 8.47. The fraction of sp³-hybridized carbons (Fsp3) is 0.385. The first-order valence-electron chi connectivity index (χ1n) is 11.2. The van der Waals surface area contributed by atoms with Crippen LogP contribution in [-0.4, -0.2) is 44.2 Å². The number of nitrogens with one attached hydrogen (secondary N) is 3. The molecule has 0 aliphatic carbocycles. The predicted molar refractivity (Wildman–Crippen MR) is 131 cm³/mol. The van der Waals surface area contributed by atoms with Gasteiger partial charge in [0.15, 0.2) is 11.5 Å². The van der Waals surface area contributed by atoms with Gasteiger partial charge in [0.1, 0.15) is 6.04 Å². The third-order valence-corrected chi connectivity index (χ3v) is 5.80. The van der Waals surface area contributed by atoms with E-state index in [2.05, 4.69) is 15.6 Å². The zero-order valence-corrected chi connectivity index (χ0v) is 20.5. The maximum atomic E-state index is 13.4. The molecule has 2 atom stereocenters. The number of hydrogen-bond acceptors (Lipinski definition) is 5. The summed E-state index contributed by atoms with van der Waals surface area (Å²) in [6, 6.07) is 10.4. The summed E-state index contributed by atoms with van der Waals surface area (Å²) in [6.07, 6.45) is 2.24. The molecule has 2 aromatic carbocycles. The largest absolute Gasteiger partial charge is 0.493 e. The number of carbonyl (C=O) groups excluding carboxylic acids is 2. The van der Waals surface area contributed by atoms with Crippen LogP contribution in [0, 0.1) is 5.92 Å². The first-order valence-corrected chi connectivity index (χ1v) is 11.2. The molecular weight excluding hydrogens is 434 g/mol. The van der Waals surface area contributed by atoms with Gasteiger partial charge in [-0.25, -0.2) is 0 Å². The van der Waals surface area contributed by atoms with Gasteiger partial charge in [0, 0.05) is 29.4 Å². The quantitative estimate of drug-likeness (QED) is 0.422. The van der Waals surface area contributed by atoms with Gasteiger partial charge in [-0.1, -0.05) is 32.0 Å². The lowest BCUT2D eigenvalue weighted by molar-refractivity contribution is -0.130. The van der Waals surface area contributed by atoms with Gasteiger partial charge < -0.3 is 29.8 Å². The van der Waals surface area contributed by atoms with Crippen molar-refractivity contribution in [3.8, 4) is 17.2 Å². The monoisotopic (exact) mass is 467 g/mol. The van der Waals surface area contributed by atoms with Gasteiger partial charge in [-0.3, -0.25) is 9.59 Å².